The molecule has 0 atom stereocenters. The molecule has 58 heavy (non-hydrogen) atoms. The summed E-state index contributed by atoms with van der Waals surface area (Å²) in [6.07, 6.45) is 0. The molecule has 1 heterocycles. The third-order valence-corrected chi connectivity index (χ3v) is 12.0. The maximum atomic E-state index is 6.64. The Kier molecular flexibility index (Phi) is 7.26. The van der Waals surface area contributed by atoms with Gasteiger partial charge in [0.15, 0.2) is 0 Å². The maximum Gasteiger partial charge on any atom is 0.143 e. The highest BCUT2D eigenvalue weighted by atomic mass is 16.3. The lowest BCUT2D eigenvalue weighted by molar-refractivity contribution is 0.672. The molecule has 0 saturated carbocycles. The first-order chi connectivity index (χ1) is 28.8. The number of anilines is 3. The van der Waals surface area contributed by atoms with Crippen molar-refractivity contribution in [2.24, 2.45) is 0 Å². The topological polar surface area (TPSA) is 16.4 Å². The summed E-state index contributed by atoms with van der Waals surface area (Å²) >= 11 is 0. The minimum atomic E-state index is 0.877. The molecule has 12 rings (SSSR count). The van der Waals surface area contributed by atoms with Crippen molar-refractivity contribution in [1.82, 2.24) is 0 Å². The molecule has 2 heteroatoms. The van der Waals surface area contributed by atoms with Crippen LogP contribution in [0.3, 0.4) is 0 Å². The lowest BCUT2D eigenvalue weighted by Gasteiger charge is -2.28. The van der Waals surface area contributed by atoms with Gasteiger partial charge in [0.2, 0.25) is 0 Å². The van der Waals surface area contributed by atoms with Gasteiger partial charge in [-0.2, -0.15) is 0 Å². The quantitative estimate of drug-likeness (QED) is 0.164. The van der Waals surface area contributed by atoms with Crippen LogP contribution in [0, 0.1) is 0 Å². The molecule has 0 radical (unpaired) electrons. The summed E-state index contributed by atoms with van der Waals surface area (Å²) in [5.41, 5.74) is 9.93. The molecule has 0 spiro atoms. The lowest BCUT2D eigenvalue weighted by Crippen LogP contribution is -2.11. The molecule has 2 nitrogen and oxygen atoms in total. The van der Waals surface area contributed by atoms with E-state index in [9.17, 15) is 0 Å². The van der Waals surface area contributed by atoms with Gasteiger partial charge < -0.3 is 9.32 Å². The lowest BCUT2D eigenvalue weighted by atomic mass is 9.85. The van der Waals surface area contributed by atoms with Gasteiger partial charge in [0, 0.05) is 32.9 Å². The highest BCUT2D eigenvalue weighted by Crippen LogP contribution is 2.49. The van der Waals surface area contributed by atoms with E-state index in [0.717, 1.165) is 44.4 Å². The fourth-order valence-electron chi connectivity index (χ4n) is 9.41. The second kappa shape index (κ2) is 12.9. The van der Waals surface area contributed by atoms with Crippen molar-refractivity contribution in [2.75, 3.05) is 4.90 Å². The number of nitrogens with zero attached hydrogens (tertiary/aromatic N) is 1. The fourth-order valence-corrected chi connectivity index (χ4v) is 9.41. The Labute approximate surface area is 335 Å². The molecule has 0 bridgehead atoms. The van der Waals surface area contributed by atoms with Crippen LogP contribution in [0.2, 0.25) is 0 Å². The van der Waals surface area contributed by atoms with Crippen LogP contribution in [-0.4, -0.2) is 0 Å². The molecule has 0 fully saturated rings. The third-order valence-electron chi connectivity index (χ3n) is 12.0. The first-order valence-corrected chi connectivity index (χ1v) is 19.9. The van der Waals surface area contributed by atoms with Crippen LogP contribution in [0.4, 0.5) is 17.1 Å². The van der Waals surface area contributed by atoms with Gasteiger partial charge in [-0.25, -0.2) is 0 Å². The Balaban J connectivity index is 1.20. The zero-order valence-electron chi connectivity index (χ0n) is 31.6. The highest BCUT2D eigenvalue weighted by Gasteiger charge is 2.23. The zero-order chi connectivity index (χ0) is 38.2. The minimum Gasteiger partial charge on any atom is -0.455 e. The van der Waals surface area contributed by atoms with E-state index >= 15 is 0 Å². The van der Waals surface area contributed by atoms with E-state index in [2.05, 4.69) is 217 Å². The van der Waals surface area contributed by atoms with E-state index < -0.39 is 0 Å². The summed E-state index contributed by atoms with van der Waals surface area (Å²) in [7, 11) is 0. The van der Waals surface area contributed by atoms with Gasteiger partial charge in [-0.3, -0.25) is 0 Å². The van der Waals surface area contributed by atoms with Crippen LogP contribution in [-0.2, 0) is 0 Å². The Morgan fingerprint density at radius 2 is 0.793 bits per heavy atom. The van der Waals surface area contributed by atoms with Crippen molar-refractivity contribution in [2.45, 2.75) is 0 Å². The normalized spacial score (nSPS) is 11.8. The SMILES string of the molecule is c1ccc(-c2c(-c3ccccc3)c3cc(N(c4ccc5oc6c7ccccc7ccc6c5c4)c4cc5ccccc5c5ccccc45)ccc3c3ccccc23)cc1. The van der Waals surface area contributed by atoms with Crippen LogP contribution in [0.1, 0.15) is 0 Å². The number of furan rings is 1. The van der Waals surface area contributed by atoms with Gasteiger partial charge in [0.05, 0.1) is 5.69 Å². The van der Waals surface area contributed by atoms with E-state index in [0.29, 0.717) is 0 Å². The van der Waals surface area contributed by atoms with Crippen molar-refractivity contribution in [3.63, 3.8) is 0 Å². The van der Waals surface area contributed by atoms with Gasteiger partial charge in [0.25, 0.3) is 0 Å². The molecular formula is C56H35NO. The Hall–Kier alpha value is -7.68. The molecular weight excluding hydrogens is 703 g/mol. The molecule has 12 aromatic rings. The van der Waals surface area contributed by atoms with E-state index in [1.165, 1.54) is 70.7 Å². The maximum absolute atomic E-state index is 6.64. The molecule has 1 aromatic heterocycles. The van der Waals surface area contributed by atoms with Crippen molar-refractivity contribution in [3.05, 3.63) is 212 Å². The first kappa shape index (κ1) is 32.6. The largest absolute Gasteiger partial charge is 0.455 e. The summed E-state index contributed by atoms with van der Waals surface area (Å²) in [5, 5.41) is 14.3. The minimum absolute atomic E-state index is 0.877. The van der Waals surface area contributed by atoms with Crippen LogP contribution in [0.25, 0.3) is 98.1 Å². The second-order valence-corrected chi connectivity index (χ2v) is 15.2. The third kappa shape index (κ3) is 4.99. The second-order valence-electron chi connectivity index (χ2n) is 15.2. The Bertz CT molecular complexity index is 3570. The number of benzene rings is 11. The van der Waals surface area contributed by atoms with Crippen molar-refractivity contribution in [3.8, 4) is 22.3 Å². The molecule has 0 unspecified atom stereocenters. The van der Waals surface area contributed by atoms with E-state index in [4.69, 9.17) is 4.42 Å². The van der Waals surface area contributed by atoms with Crippen molar-refractivity contribution >= 4 is 92.9 Å². The molecule has 0 aliphatic rings. The smallest absolute Gasteiger partial charge is 0.143 e. The molecule has 0 saturated heterocycles. The van der Waals surface area contributed by atoms with Crippen molar-refractivity contribution in [1.29, 1.82) is 0 Å². The Morgan fingerprint density at radius 1 is 0.293 bits per heavy atom. The standard InChI is InChI=1S/C56H35NO/c1-3-16-37(17-4-1)54-48-26-14-12-24-45(48)46-31-28-40(35-51(46)55(54)38-18-5-2-6-19-38)57(52-33-39-20-8-9-21-42(39)44-23-11-13-25-47(44)52)41-29-32-53-50(34-41)49-30-27-36-15-7-10-22-43(36)56(49)58-53/h1-35H. The Morgan fingerprint density at radius 3 is 1.52 bits per heavy atom. The summed E-state index contributed by atoms with van der Waals surface area (Å²) in [6, 6.07) is 77.2. The average Bonchev–Trinajstić information content (AvgIpc) is 3.68. The predicted molar refractivity (Wildman–Crippen MR) is 247 cm³/mol. The number of rotatable bonds is 5. The summed E-state index contributed by atoms with van der Waals surface area (Å²) in [4.78, 5) is 2.46. The molecule has 0 amide bonds. The van der Waals surface area contributed by atoms with Crippen molar-refractivity contribution < 1.29 is 4.42 Å². The number of hydrogen-bond donors (Lipinski definition) is 0. The summed E-state index contributed by atoms with van der Waals surface area (Å²) in [6.45, 7) is 0. The van der Waals surface area contributed by atoms with Gasteiger partial charge in [-0.15, -0.1) is 0 Å². The summed E-state index contributed by atoms with van der Waals surface area (Å²) < 4.78 is 6.64. The van der Waals surface area contributed by atoms with E-state index in [1.807, 2.05) is 0 Å². The predicted octanol–water partition coefficient (Wildman–Crippen LogP) is 16.2. The highest BCUT2D eigenvalue weighted by molar-refractivity contribution is 6.23. The monoisotopic (exact) mass is 737 g/mol. The average molecular weight is 738 g/mol. The van der Waals surface area contributed by atoms with Crippen LogP contribution >= 0.6 is 0 Å². The van der Waals surface area contributed by atoms with Gasteiger partial charge in [-0.05, 0) is 108 Å². The molecule has 0 aliphatic heterocycles. The van der Waals surface area contributed by atoms with E-state index in [1.54, 1.807) is 0 Å². The summed E-state index contributed by atoms with van der Waals surface area (Å²) in [5.74, 6) is 0. The van der Waals surface area contributed by atoms with Crippen LogP contribution < -0.4 is 4.90 Å². The van der Waals surface area contributed by atoms with Gasteiger partial charge in [-0.1, -0.05) is 170 Å². The van der Waals surface area contributed by atoms with Gasteiger partial charge >= 0.3 is 0 Å². The number of fused-ring (bicyclic) bond motifs is 11. The first-order valence-electron chi connectivity index (χ1n) is 19.9. The zero-order valence-corrected chi connectivity index (χ0v) is 31.6. The van der Waals surface area contributed by atoms with Crippen LogP contribution in [0.5, 0.6) is 0 Å². The van der Waals surface area contributed by atoms with Crippen LogP contribution in [0.15, 0.2) is 217 Å². The molecule has 270 valence electrons. The van der Waals surface area contributed by atoms with E-state index in [-0.39, 0.29) is 0 Å². The fraction of sp³-hybridized carbons (Fsp3) is 0. The molecule has 0 aliphatic carbocycles. The van der Waals surface area contributed by atoms with Gasteiger partial charge in [0.1, 0.15) is 11.2 Å². The molecule has 0 N–H and O–H groups in total. The number of hydrogen-bond acceptors (Lipinski definition) is 2. The molecule has 11 aromatic carbocycles.